The molecule has 3 rings (SSSR count). The second-order valence-corrected chi connectivity index (χ2v) is 8.54. The van der Waals surface area contributed by atoms with Crippen LogP contribution in [0.15, 0.2) is 35.9 Å². The van der Waals surface area contributed by atoms with Gasteiger partial charge in [0.05, 0.1) is 43.0 Å². The van der Waals surface area contributed by atoms with Gasteiger partial charge in [-0.3, -0.25) is 9.59 Å². The van der Waals surface area contributed by atoms with Crippen LogP contribution in [0.3, 0.4) is 0 Å². The molecule has 182 valence electrons. The molecule has 1 aliphatic rings. The molecule has 1 N–H and O–H groups in total. The largest absolute Gasteiger partial charge is 0.507 e. The summed E-state index contributed by atoms with van der Waals surface area (Å²) >= 11 is 12.7. The first kappa shape index (κ1) is 25.7. The predicted octanol–water partition coefficient (Wildman–Crippen LogP) is 4.14. The summed E-state index contributed by atoms with van der Waals surface area (Å²) in [6.07, 6.45) is 0. The van der Waals surface area contributed by atoms with Crippen LogP contribution in [0.4, 0.5) is 5.69 Å². The highest BCUT2D eigenvalue weighted by atomic mass is 35.5. The number of aliphatic hydroxyl groups excluding tert-OH is 1. The fraction of sp³-hybridized carbons (Fsp3) is 0.333. The molecular formula is C24H26Cl2N2O6. The molecule has 1 fully saturated rings. The summed E-state index contributed by atoms with van der Waals surface area (Å²) < 4.78 is 15.7. The van der Waals surface area contributed by atoms with Gasteiger partial charge in [0.25, 0.3) is 11.7 Å². The molecular weight excluding hydrogens is 483 g/mol. The number of carbonyl (C=O) groups is 2. The molecule has 10 heteroatoms. The number of rotatable bonds is 8. The van der Waals surface area contributed by atoms with E-state index in [1.54, 1.807) is 0 Å². The maximum atomic E-state index is 13.2. The summed E-state index contributed by atoms with van der Waals surface area (Å²) in [4.78, 5) is 29.4. The van der Waals surface area contributed by atoms with Crippen molar-refractivity contribution in [1.29, 1.82) is 0 Å². The molecule has 34 heavy (non-hydrogen) atoms. The van der Waals surface area contributed by atoms with Gasteiger partial charge in [-0.15, -0.1) is 0 Å². The Bertz CT molecular complexity index is 1130. The highest BCUT2D eigenvalue weighted by Crippen LogP contribution is 2.47. The number of anilines is 1. The fourth-order valence-electron chi connectivity index (χ4n) is 3.89. The summed E-state index contributed by atoms with van der Waals surface area (Å²) in [5, 5.41) is 11.5. The molecule has 1 heterocycles. The SMILES string of the molecule is COCCN1C(=O)C(=O)/C(=C(/O)c2cc(Cl)c(OC)c(Cl)c2OC)C1c1ccc(N(C)C)cc1. The quantitative estimate of drug-likeness (QED) is 0.325. The number of nitrogens with zero attached hydrogens (tertiary/aromatic N) is 2. The lowest BCUT2D eigenvalue weighted by Gasteiger charge is -2.26. The van der Waals surface area contributed by atoms with Crippen LogP contribution in [0.1, 0.15) is 17.2 Å². The molecule has 0 aliphatic carbocycles. The highest BCUT2D eigenvalue weighted by Gasteiger charge is 2.46. The van der Waals surface area contributed by atoms with Gasteiger partial charge in [0.1, 0.15) is 10.8 Å². The molecule has 2 aromatic carbocycles. The Kier molecular flexibility index (Phi) is 7.97. The van der Waals surface area contributed by atoms with Crippen molar-refractivity contribution in [3.8, 4) is 11.5 Å². The third kappa shape index (κ3) is 4.53. The van der Waals surface area contributed by atoms with Gasteiger partial charge in [0.2, 0.25) is 0 Å². The van der Waals surface area contributed by atoms with Crippen molar-refractivity contribution in [2.75, 3.05) is 53.5 Å². The summed E-state index contributed by atoms with van der Waals surface area (Å²) in [6.45, 7) is 0.363. The number of Topliss-reactive ketones (excluding diaryl/α,β-unsaturated/α-hetero) is 1. The molecule has 8 nitrogen and oxygen atoms in total. The van der Waals surface area contributed by atoms with Crippen LogP contribution in [-0.2, 0) is 14.3 Å². The third-order valence-corrected chi connectivity index (χ3v) is 6.22. The smallest absolute Gasteiger partial charge is 0.295 e. The lowest BCUT2D eigenvalue weighted by Crippen LogP contribution is -2.32. The number of ether oxygens (including phenoxy) is 3. The van der Waals surface area contributed by atoms with Gasteiger partial charge >= 0.3 is 0 Å². The lowest BCUT2D eigenvalue weighted by atomic mass is 9.94. The van der Waals surface area contributed by atoms with Crippen LogP contribution in [0, 0.1) is 0 Å². The van der Waals surface area contributed by atoms with E-state index < -0.39 is 23.5 Å². The van der Waals surface area contributed by atoms with Gasteiger partial charge < -0.3 is 29.1 Å². The normalized spacial score (nSPS) is 17.3. The monoisotopic (exact) mass is 508 g/mol. The van der Waals surface area contributed by atoms with E-state index in [4.69, 9.17) is 37.4 Å². The molecule has 0 aromatic heterocycles. The molecule has 1 amide bonds. The molecule has 1 saturated heterocycles. The zero-order valence-electron chi connectivity index (χ0n) is 19.5. The maximum Gasteiger partial charge on any atom is 0.295 e. The van der Waals surface area contributed by atoms with Gasteiger partial charge in [-0.2, -0.15) is 0 Å². The van der Waals surface area contributed by atoms with Crippen molar-refractivity contribution in [2.45, 2.75) is 6.04 Å². The van der Waals surface area contributed by atoms with E-state index in [0.717, 1.165) is 5.69 Å². The molecule has 1 aliphatic heterocycles. The minimum absolute atomic E-state index is 0.0274. The minimum atomic E-state index is -0.851. The second kappa shape index (κ2) is 10.5. The third-order valence-electron chi connectivity index (χ3n) is 5.60. The number of carbonyl (C=O) groups excluding carboxylic acids is 2. The van der Waals surface area contributed by atoms with Crippen molar-refractivity contribution in [3.05, 3.63) is 57.1 Å². The Labute approximate surface area is 208 Å². The number of ketones is 1. The minimum Gasteiger partial charge on any atom is -0.507 e. The number of hydrogen-bond donors (Lipinski definition) is 1. The summed E-state index contributed by atoms with van der Waals surface area (Å²) in [6, 6.07) is 7.89. The first-order valence-corrected chi connectivity index (χ1v) is 11.1. The molecule has 2 aromatic rings. The number of halogens is 2. The van der Waals surface area contributed by atoms with Crippen LogP contribution in [0.25, 0.3) is 5.76 Å². The highest BCUT2D eigenvalue weighted by molar-refractivity contribution is 6.47. The van der Waals surface area contributed by atoms with Crippen LogP contribution < -0.4 is 14.4 Å². The number of methoxy groups -OCH3 is 3. The van der Waals surface area contributed by atoms with Crippen molar-refractivity contribution >= 4 is 46.3 Å². The average molecular weight is 509 g/mol. The van der Waals surface area contributed by atoms with Crippen molar-refractivity contribution < 1.29 is 28.9 Å². The Morgan fingerprint density at radius 3 is 2.21 bits per heavy atom. The van der Waals surface area contributed by atoms with Gasteiger partial charge in [-0.1, -0.05) is 35.3 Å². The summed E-state index contributed by atoms with van der Waals surface area (Å²) in [5.41, 5.74) is 1.55. The topological polar surface area (TPSA) is 88.5 Å². The Hall–Kier alpha value is -2.94. The van der Waals surface area contributed by atoms with E-state index in [0.29, 0.717) is 5.56 Å². The van der Waals surface area contributed by atoms with E-state index >= 15 is 0 Å². The van der Waals surface area contributed by atoms with Gasteiger partial charge in [-0.05, 0) is 23.8 Å². The van der Waals surface area contributed by atoms with Gasteiger partial charge in [0, 0.05) is 33.4 Å². The van der Waals surface area contributed by atoms with E-state index in [9.17, 15) is 14.7 Å². The zero-order chi connectivity index (χ0) is 25.2. The van der Waals surface area contributed by atoms with E-state index in [2.05, 4.69) is 0 Å². The molecule has 1 atom stereocenters. The maximum absolute atomic E-state index is 13.2. The van der Waals surface area contributed by atoms with E-state index in [1.807, 2.05) is 43.3 Å². The van der Waals surface area contributed by atoms with E-state index in [-0.39, 0.29) is 45.8 Å². The lowest BCUT2D eigenvalue weighted by molar-refractivity contribution is -0.140. The zero-order valence-corrected chi connectivity index (χ0v) is 21.0. The number of likely N-dealkylation sites (tertiary alicyclic amines) is 1. The number of hydrogen-bond acceptors (Lipinski definition) is 7. The summed E-state index contributed by atoms with van der Waals surface area (Å²) in [7, 11) is 8.07. The molecule has 0 saturated carbocycles. The first-order chi connectivity index (χ1) is 16.2. The summed E-state index contributed by atoms with van der Waals surface area (Å²) in [5.74, 6) is -1.81. The Balaban J connectivity index is 2.26. The standard InChI is InChI=1S/C24H26Cl2N2O6/c1-27(2)14-8-6-13(7-9-14)19-17(21(30)24(31)28(19)10-11-32-3)20(29)15-12-16(25)23(34-5)18(26)22(15)33-4/h6-9,12,19,29H,10-11H2,1-5H3/b20-17+. The first-order valence-electron chi connectivity index (χ1n) is 10.3. The Morgan fingerprint density at radius 1 is 1.06 bits per heavy atom. The van der Waals surface area contributed by atoms with Crippen molar-refractivity contribution in [1.82, 2.24) is 4.90 Å². The van der Waals surface area contributed by atoms with Crippen LogP contribution in [0.2, 0.25) is 10.0 Å². The second-order valence-electron chi connectivity index (χ2n) is 7.76. The Morgan fingerprint density at radius 2 is 1.68 bits per heavy atom. The number of benzene rings is 2. The van der Waals surface area contributed by atoms with Gasteiger partial charge in [0.15, 0.2) is 11.5 Å². The van der Waals surface area contributed by atoms with Crippen molar-refractivity contribution in [2.24, 2.45) is 0 Å². The number of aliphatic hydroxyl groups is 1. The van der Waals surface area contributed by atoms with Crippen LogP contribution in [0.5, 0.6) is 11.5 Å². The molecule has 1 unspecified atom stereocenters. The van der Waals surface area contributed by atoms with Crippen LogP contribution >= 0.6 is 23.2 Å². The average Bonchev–Trinajstić information content (AvgIpc) is 3.07. The number of amides is 1. The van der Waals surface area contributed by atoms with Gasteiger partial charge in [-0.25, -0.2) is 0 Å². The van der Waals surface area contributed by atoms with Crippen molar-refractivity contribution in [3.63, 3.8) is 0 Å². The molecule has 0 bridgehead atoms. The van der Waals surface area contributed by atoms with E-state index in [1.165, 1.54) is 32.3 Å². The molecule has 0 radical (unpaired) electrons. The fourth-order valence-corrected chi connectivity index (χ4v) is 4.58. The van der Waals surface area contributed by atoms with Crippen LogP contribution in [-0.4, -0.2) is 70.3 Å². The molecule has 0 spiro atoms. The predicted molar refractivity (Wildman–Crippen MR) is 131 cm³/mol.